The number of hydrogen-bond donors (Lipinski definition) is 4. The Morgan fingerprint density at radius 2 is 2.10 bits per heavy atom. The molecule has 0 saturated carbocycles. The number of amides is 1. The van der Waals surface area contributed by atoms with Crippen molar-refractivity contribution in [3.05, 3.63) is 0 Å². The summed E-state index contributed by atoms with van der Waals surface area (Å²) in [6.07, 6.45) is 2.29. The zero-order valence-corrected chi connectivity index (χ0v) is 12.7. The molecule has 3 unspecified atom stereocenters. The summed E-state index contributed by atoms with van der Waals surface area (Å²) in [7, 11) is -4.51. The van der Waals surface area contributed by atoms with Crippen LogP contribution in [0.25, 0.3) is 0 Å². The molecule has 5 N–H and O–H groups in total. The molecule has 1 saturated heterocycles. The third kappa shape index (κ3) is 6.39. The Hall–Kier alpha value is -0.540. The molecule has 9 nitrogen and oxygen atoms in total. The Bertz CT molecular complexity index is 382. The SMILES string of the molecule is NCCCCCC(=O)N1CC(O)CC1COP(=O)(O)OO. The average Bonchev–Trinajstić information content (AvgIpc) is 2.82. The van der Waals surface area contributed by atoms with E-state index in [2.05, 4.69) is 9.20 Å². The molecular weight excluding hydrogens is 303 g/mol. The maximum Gasteiger partial charge on any atom is 0.499 e. The summed E-state index contributed by atoms with van der Waals surface area (Å²) in [5.41, 5.74) is 5.37. The van der Waals surface area contributed by atoms with E-state index in [1.165, 1.54) is 4.90 Å². The van der Waals surface area contributed by atoms with Crippen LogP contribution in [0.4, 0.5) is 0 Å². The molecule has 0 bridgehead atoms. The number of nitrogens with two attached hydrogens (primary N) is 1. The fourth-order valence-electron chi connectivity index (χ4n) is 2.30. The van der Waals surface area contributed by atoms with Crippen LogP contribution in [0.1, 0.15) is 32.1 Å². The Morgan fingerprint density at radius 3 is 2.71 bits per heavy atom. The molecule has 1 fully saturated rings. The summed E-state index contributed by atoms with van der Waals surface area (Å²) in [6.45, 7) is 0.458. The van der Waals surface area contributed by atoms with Crippen LogP contribution in [0.2, 0.25) is 0 Å². The van der Waals surface area contributed by atoms with Crippen molar-refractivity contribution in [1.82, 2.24) is 4.90 Å². The summed E-state index contributed by atoms with van der Waals surface area (Å²) >= 11 is 0. The van der Waals surface area contributed by atoms with Gasteiger partial charge in [-0.05, 0) is 25.8 Å². The lowest BCUT2D eigenvalue weighted by atomic mass is 10.1. The molecular formula is C11H23N2O7P. The number of phosphoric acid groups is 1. The van der Waals surface area contributed by atoms with Crippen LogP contribution in [-0.2, 0) is 18.6 Å². The molecule has 0 aromatic carbocycles. The van der Waals surface area contributed by atoms with Gasteiger partial charge >= 0.3 is 7.82 Å². The van der Waals surface area contributed by atoms with Crippen LogP contribution >= 0.6 is 7.82 Å². The van der Waals surface area contributed by atoms with Crippen molar-refractivity contribution in [2.75, 3.05) is 19.7 Å². The van der Waals surface area contributed by atoms with Crippen molar-refractivity contribution in [3.8, 4) is 0 Å². The molecule has 0 radical (unpaired) electrons. The number of unbranched alkanes of at least 4 members (excludes halogenated alkanes) is 2. The first-order valence-electron chi connectivity index (χ1n) is 6.87. The minimum Gasteiger partial charge on any atom is -0.391 e. The highest BCUT2D eigenvalue weighted by atomic mass is 31.2. The fraction of sp³-hybridized carbons (Fsp3) is 0.909. The largest absolute Gasteiger partial charge is 0.499 e. The maximum absolute atomic E-state index is 12.1. The van der Waals surface area contributed by atoms with Gasteiger partial charge in [0, 0.05) is 13.0 Å². The average molecular weight is 326 g/mol. The summed E-state index contributed by atoms with van der Waals surface area (Å²) in [5.74, 6) is -0.144. The van der Waals surface area contributed by atoms with Crippen molar-refractivity contribution < 1.29 is 33.8 Å². The summed E-state index contributed by atoms with van der Waals surface area (Å²) in [5, 5.41) is 17.8. The minimum atomic E-state index is -4.51. The third-order valence-electron chi connectivity index (χ3n) is 3.34. The summed E-state index contributed by atoms with van der Waals surface area (Å²) in [6, 6.07) is -0.516. The molecule has 0 aliphatic carbocycles. The first-order valence-corrected chi connectivity index (χ1v) is 8.37. The first-order chi connectivity index (χ1) is 9.89. The predicted octanol–water partition coefficient (Wildman–Crippen LogP) is 0.0739. The topological polar surface area (TPSA) is 143 Å². The number of β-amino-alcohol motifs (C(OH)–C–C–N with tert-alkyl or cyclic N) is 1. The summed E-state index contributed by atoms with van der Waals surface area (Å²) < 4.78 is 18.9. The van der Waals surface area contributed by atoms with E-state index in [1.54, 1.807) is 0 Å². The quantitative estimate of drug-likeness (QED) is 0.202. The van der Waals surface area contributed by atoms with Gasteiger partial charge in [-0.2, -0.15) is 0 Å². The molecule has 1 heterocycles. The van der Waals surface area contributed by atoms with Crippen LogP contribution in [0.5, 0.6) is 0 Å². The van der Waals surface area contributed by atoms with E-state index in [-0.39, 0.29) is 25.5 Å². The highest BCUT2D eigenvalue weighted by Crippen LogP contribution is 2.42. The van der Waals surface area contributed by atoms with Crippen molar-refractivity contribution in [2.45, 2.75) is 44.2 Å². The second-order valence-electron chi connectivity index (χ2n) is 5.03. The molecule has 1 aliphatic rings. The van der Waals surface area contributed by atoms with Gasteiger partial charge in [0.05, 0.1) is 18.8 Å². The molecule has 10 heteroatoms. The van der Waals surface area contributed by atoms with Crippen LogP contribution in [0, 0.1) is 0 Å². The van der Waals surface area contributed by atoms with Gasteiger partial charge in [-0.15, -0.1) is 4.67 Å². The zero-order chi connectivity index (χ0) is 15.9. The Balaban J connectivity index is 2.46. The normalized spacial score (nSPS) is 25.0. The number of aliphatic hydroxyl groups excluding tert-OH is 1. The lowest BCUT2D eigenvalue weighted by Crippen LogP contribution is -2.38. The van der Waals surface area contributed by atoms with Crippen LogP contribution in [0.15, 0.2) is 0 Å². The number of hydrogen-bond acceptors (Lipinski definition) is 7. The van der Waals surface area contributed by atoms with Gasteiger partial charge in [-0.25, -0.2) is 9.82 Å². The van der Waals surface area contributed by atoms with Gasteiger partial charge < -0.3 is 20.6 Å². The molecule has 21 heavy (non-hydrogen) atoms. The third-order valence-corrected chi connectivity index (χ3v) is 4.02. The van der Waals surface area contributed by atoms with E-state index >= 15 is 0 Å². The highest BCUT2D eigenvalue weighted by Gasteiger charge is 2.36. The Labute approximate surface area is 123 Å². The molecule has 1 aliphatic heterocycles. The van der Waals surface area contributed by atoms with Crippen molar-refractivity contribution in [3.63, 3.8) is 0 Å². The molecule has 1 amide bonds. The predicted molar refractivity (Wildman–Crippen MR) is 73.1 cm³/mol. The van der Waals surface area contributed by atoms with E-state index in [4.69, 9.17) is 15.9 Å². The number of likely N-dealkylation sites (tertiary alicyclic amines) is 1. The second kappa shape index (κ2) is 8.79. The number of rotatable bonds is 9. The van der Waals surface area contributed by atoms with Crippen molar-refractivity contribution in [1.29, 1.82) is 0 Å². The van der Waals surface area contributed by atoms with E-state index in [0.717, 1.165) is 12.8 Å². The van der Waals surface area contributed by atoms with Gasteiger partial charge in [0.15, 0.2) is 0 Å². The lowest BCUT2D eigenvalue weighted by molar-refractivity contribution is -0.163. The van der Waals surface area contributed by atoms with Gasteiger partial charge in [-0.3, -0.25) is 9.32 Å². The number of nitrogens with zero attached hydrogens (tertiary/aromatic N) is 1. The standard InChI is InChI=1S/C11H23N2O7P/c12-5-3-1-2-4-11(15)13-7-10(14)6-9(13)8-19-21(17,18)20-16/h9-10,14,16H,1-8,12H2,(H,17,18). The van der Waals surface area contributed by atoms with Crippen LogP contribution in [0.3, 0.4) is 0 Å². The zero-order valence-electron chi connectivity index (χ0n) is 11.8. The summed E-state index contributed by atoms with van der Waals surface area (Å²) in [4.78, 5) is 22.5. The van der Waals surface area contributed by atoms with Gasteiger partial charge in [0.25, 0.3) is 0 Å². The fourth-order valence-corrected chi connectivity index (χ4v) is 2.71. The minimum absolute atomic E-state index is 0.144. The van der Waals surface area contributed by atoms with Crippen LogP contribution in [-0.4, -0.2) is 57.9 Å². The van der Waals surface area contributed by atoms with E-state index < -0.39 is 20.0 Å². The molecule has 3 atom stereocenters. The smallest absolute Gasteiger partial charge is 0.391 e. The van der Waals surface area contributed by atoms with E-state index in [9.17, 15) is 14.5 Å². The molecule has 1 rings (SSSR count). The van der Waals surface area contributed by atoms with Gasteiger partial charge in [0.2, 0.25) is 5.91 Å². The van der Waals surface area contributed by atoms with Crippen molar-refractivity contribution >= 4 is 13.7 Å². The number of carbonyl (C=O) groups is 1. The number of aliphatic hydroxyl groups is 1. The lowest BCUT2D eigenvalue weighted by Gasteiger charge is -2.24. The first kappa shape index (κ1) is 18.5. The van der Waals surface area contributed by atoms with E-state index in [1.807, 2.05) is 0 Å². The Morgan fingerprint density at radius 1 is 1.38 bits per heavy atom. The maximum atomic E-state index is 12.1. The number of carbonyl (C=O) groups excluding carboxylic acids is 1. The van der Waals surface area contributed by atoms with E-state index in [0.29, 0.717) is 19.4 Å². The monoisotopic (exact) mass is 326 g/mol. The Kier molecular flexibility index (Phi) is 7.75. The van der Waals surface area contributed by atoms with Gasteiger partial charge in [-0.1, -0.05) is 6.42 Å². The molecule has 124 valence electrons. The molecule has 0 aromatic heterocycles. The highest BCUT2D eigenvalue weighted by molar-refractivity contribution is 7.47. The molecule has 0 aromatic rings. The second-order valence-corrected chi connectivity index (χ2v) is 6.39. The molecule has 0 spiro atoms. The van der Waals surface area contributed by atoms with Crippen molar-refractivity contribution in [2.24, 2.45) is 5.73 Å². The number of phosphoric ester groups is 1. The van der Waals surface area contributed by atoms with Gasteiger partial charge in [0.1, 0.15) is 0 Å². The van der Waals surface area contributed by atoms with Crippen LogP contribution < -0.4 is 5.73 Å².